The molecule has 3 aliphatic rings. The Hall–Kier alpha value is -1.32. The zero-order valence-corrected chi connectivity index (χ0v) is 12.6. The monoisotopic (exact) mass is 291 g/mol. The van der Waals surface area contributed by atoms with E-state index in [1.54, 1.807) is 4.90 Å². The highest BCUT2D eigenvalue weighted by Crippen LogP contribution is 2.40. The average Bonchev–Trinajstić information content (AvgIpc) is 2.88. The van der Waals surface area contributed by atoms with Crippen LogP contribution in [0.25, 0.3) is 0 Å². The zero-order valence-electron chi connectivity index (χ0n) is 12.6. The van der Waals surface area contributed by atoms with Crippen molar-refractivity contribution in [3.8, 4) is 0 Å². The molecule has 1 saturated heterocycles. The highest BCUT2D eigenvalue weighted by atomic mass is 16.4. The summed E-state index contributed by atoms with van der Waals surface area (Å²) in [6, 6.07) is -0.411. The molecule has 3 rings (SSSR count). The van der Waals surface area contributed by atoms with E-state index in [0.29, 0.717) is 18.8 Å². The smallest absolute Gasteiger partial charge is 0.326 e. The summed E-state index contributed by atoms with van der Waals surface area (Å²) in [6.45, 7) is 0. The number of amides is 1. The van der Waals surface area contributed by atoms with Gasteiger partial charge in [0.25, 0.3) is 0 Å². The van der Waals surface area contributed by atoms with Crippen LogP contribution in [-0.4, -0.2) is 34.0 Å². The highest BCUT2D eigenvalue weighted by molar-refractivity contribution is 5.86. The summed E-state index contributed by atoms with van der Waals surface area (Å²) in [5.74, 6) is -0.371. The zero-order chi connectivity index (χ0) is 14.8. The lowest BCUT2D eigenvalue weighted by Gasteiger charge is -2.33. The molecule has 0 aromatic rings. The van der Waals surface area contributed by atoms with Crippen molar-refractivity contribution in [3.63, 3.8) is 0 Å². The van der Waals surface area contributed by atoms with E-state index in [2.05, 4.69) is 6.08 Å². The van der Waals surface area contributed by atoms with Gasteiger partial charge in [-0.3, -0.25) is 4.79 Å². The van der Waals surface area contributed by atoms with Crippen molar-refractivity contribution in [2.45, 2.75) is 76.3 Å². The van der Waals surface area contributed by atoms with Gasteiger partial charge in [-0.2, -0.15) is 0 Å². The Balaban J connectivity index is 1.74. The Bertz CT molecular complexity index is 457. The summed E-state index contributed by atoms with van der Waals surface area (Å²) in [4.78, 5) is 26.0. The molecule has 0 radical (unpaired) electrons. The van der Waals surface area contributed by atoms with E-state index in [1.165, 1.54) is 18.4 Å². The second-order valence-electron chi connectivity index (χ2n) is 6.79. The Morgan fingerprint density at radius 2 is 2.00 bits per heavy atom. The maximum atomic E-state index is 12.7. The standard InChI is InChI=1S/C17H25NO3/c19-16(10-12-6-2-1-3-7-12)18-14-9-5-4-8-13(14)11-15(18)17(20)21/h6,13-15H,1-5,7-11H2,(H,20,21). The van der Waals surface area contributed by atoms with Crippen LogP contribution in [0, 0.1) is 5.92 Å². The Morgan fingerprint density at radius 3 is 2.71 bits per heavy atom. The molecule has 4 heteroatoms. The van der Waals surface area contributed by atoms with E-state index >= 15 is 0 Å². The van der Waals surface area contributed by atoms with Crippen LogP contribution >= 0.6 is 0 Å². The topological polar surface area (TPSA) is 57.6 Å². The van der Waals surface area contributed by atoms with Gasteiger partial charge in [0.05, 0.1) is 0 Å². The first-order valence-electron chi connectivity index (χ1n) is 8.38. The average molecular weight is 291 g/mol. The van der Waals surface area contributed by atoms with Gasteiger partial charge in [-0.1, -0.05) is 24.5 Å². The minimum Gasteiger partial charge on any atom is -0.480 e. The summed E-state index contributed by atoms with van der Waals surface area (Å²) in [6.07, 6.45) is 12.1. The van der Waals surface area contributed by atoms with Gasteiger partial charge in [0, 0.05) is 12.5 Å². The van der Waals surface area contributed by atoms with Crippen LogP contribution in [0.3, 0.4) is 0 Å². The van der Waals surface area contributed by atoms with Crippen LogP contribution in [0.2, 0.25) is 0 Å². The SMILES string of the molecule is O=C(O)C1CC2CCCCC2N1C(=O)CC1=CCCCC1. The summed E-state index contributed by atoms with van der Waals surface area (Å²) >= 11 is 0. The van der Waals surface area contributed by atoms with E-state index < -0.39 is 12.0 Å². The van der Waals surface area contributed by atoms with E-state index in [-0.39, 0.29) is 11.9 Å². The first kappa shape index (κ1) is 14.6. The number of nitrogens with zero attached hydrogens (tertiary/aromatic N) is 1. The molecule has 21 heavy (non-hydrogen) atoms. The van der Waals surface area contributed by atoms with Gasteiger partial charge >= 0.3 is 5.97 Å². The summed E-state index contributed by atoms with van der Waals surface area (Å²) in [7, 11) is 0. The number of carbonyl (C=O) groups excluding carboxylic acids is 1. The van der Waals surface area contributed by atoms with Gasteiger partial charge < -0.3 is 10.0 Å². The lowest BCUT2D eigenvalue weighted by atomic mass is 9.84. The molecule has 3 atom stereocenters. The largest absolute Gasteiger partial charge is 0.480 e. The Kier molecular flexibility index (Phi) is 4.32. The number of likely N-dealkylation sites (tertiary alicyclic amines) is 1. The third-order valence-electron chi connectivity index (χ3n) is 5.42. The van der Waals surface area contributed by atoms with Gasteiger partial charge in [0.1, 0.15) is 6.04 Å². The van der Waals surface area contributed by atoms with Crippen molar-refractivity contribution in [3.05, 3.63) is 11.6 Å². The van der Waals surface area contributed by atoms with Gasteiger partial charge in [-0.25, -0.2) is 4.79 Å². The van der Waals surface area contributed by atoms with Crippen molar-refractivity contribution in [1.29, 1.82) is 0 Å². The lowest BCUT2D eigenvalue weighted by Crippen LogP contribution is -2.46. The van der Waals surface area contributed by atoms with Crippen LogP contribution in [0.1, 0.15) is 64.2 Å². The van der Waals surface area contributed by atoms with E-state index in [0.717, 1.165) is 38.5 Å². The van der Waals surface area contributed by atoms with Gasteiger partial charge in [-0.15, -0.1) is 0 Å². The Morgan fingerprint density at radius 1 is 1.19 bits per heavy atom. The molecular weight excluding hydrogens is 266 g/mol. The molecule has 2 aliphatic carbocycles. The molecule has 3 unspecified atom stereocenters. The quantitative estimate of drug-likeness (QED) is 0.813. The summed E-state index contributed by atoms with van der Waals surface area (Å²) in [5.41, 5.74) is 1.22. The molecule has 1 N–H and O–H groups in total. The number of aliphatic carboxylic acids is 1. The molecule has 116 valence electrons. The summed E-state index contributed by atoms with van der Waals surface area (Å²) < 4.78 is 0. The first-order valence-corrected chi connectivity index (χ1v) is 8.38. The molecule has 1 saturated carbocycles. The molecule has 4 nitrogen and oxygen atoms in total. The van der Waals surface area contributed by atoms with E-state index in [1.807, 2.05) is 0 Å². The third-order valence-corrected chi connectivity index (χ3v) is 5.42. The highest BCUT2D eigenvalue weighted by Gasteiger charge is 2.47. The van der Waals surface area contributed by atoms with Crippen molar-refractivity contribution in [2.75, 3.05) is 0 Å². The minimum atomic E-state index is -0.824. The van der Waals surface area contributed by atoms with Crippen LogP contribution in [0.5, 0.6) is 0 Å². The van der Waals surface area contributed by atoms with Crippen LogP contribution in [0.4, 0.5) is 0 Å². The number of hydrogen-bond acceptors (Lipinski definition) is 2. The fourth-order valence-electron chi connectivity index (χ4n) is 4.39. The number of rotatable bonds is 3. The van der Waals surface area contributed by atoms with Gasteiger partial charge in [0.15, 0.2) is 0 Å². The molecule has 2 fully saturated rings. The molecule has 0 aromatic heterocycles. The van der Waals surface area contributed by atoms with Crippen molar-refractivity contribution in [2.24, 2.45) is 5.92 Å². The maximum Gasteiger partial charge on any atom is 0.326 e. The second kappa shape index (κ2) is 6.20. The fraction of sp³-hybridized carbons (Fsp3) is 0.765. The predicted molar refractivity (Wildman–Crippen MR) is 79.8 cm³/mol. The fourth-order valence-corrected chi connectivity index (χ4v) is 4.39. The third kappa shape index (κ3) is 2.99. The van der Waals surface area contributed by atoms with Crippen molar-refractivity contribution < 1.29 is 14.7 Å². The number of hydrogen-bond donors (Lipinski definition) is 1. The van der Waals surface area contributed by atoms with E-state index in [4.69, 9.17) is 0 Å². The number of carboxylic acids is 1. The molecule has 1 heterocycles. The molecule has 1 aliphatic heterocycles. The normalized spacial score (nSPS) is 32.5. The Labute approximate surface area is 126 Å². The van der Waals surface area contributed by atoms with E-state index in [9.17, 15) is 14.7 Å². The molecule has 0 aromatic carbocycles. The number of allylic oxidation sites excluding steroid dienone is 1. The van der Waals surface area contributed by atoms with Crippen LogP contribution in [0.15, 0.2) is 11.6 Å². The molecule has 0 bridgehead atoms. The summed E-state index contributed by atoms with van der Waals surface area (Å²) in [5, 5.41) is 9.48. The molecule has 1 amide bonds. The van der Waals surface area contributed by atoms with Crippen molar-refractivity contribution >= 4 is 11.9 Å². The second-order valence-corrected chi connectivity index (χ2v) is 6.79. The molecular formula is C17H25NO3. The van der Waals surface area contributed by atoms with Gasteiger partial charge in [0.2, 0.25) is 5.91 Å². The minimum absolute atomic E-state index is 0.0463. The van der Waals surface area contributed by atoms with Crippen molar-refractivity contribution in [1.82, 2.24) is 4.90 Å². The van der Waals surface area contributed by atoms with Crippen LogP contribution in [-0.2, 0) is 9.59 Å². The first-order chi connectivity index (χ1) is 10.2. The maximum absolute atomic E-state index is 12.7. The molecule has 0 spiro atoms. The number of carboxylic acid groups (broad SMARTS) is 1. The predicted octanol–water partition coefficient (Wildman–Crippen LogP) is 3.12. The number of carbonyl (C=O) groups is 2. The number of fused-ring (bicyclic) bond motifs is 1. The van der Waals surface area contributed by atoms with Gasteiger partial charge in [-0.05, 0) is 50.9 Å². The van der Waals surface area contributed by atoms with Crippen LogP contribution < -0.4 is 0 Å². The lowest BCUT2D eigenvalue weighted by molar-refractivity contribution is -0.149.